The Bertz CT molecular complexity index is 983. The van der Waals surface area contributed by atoms with Crippen LogP contribution in [0.25, 0.3) is 10.9 Å². The third-order valence-electron chi connectivity index (χ3n) is 4.24. The second kappa shape index (κ2) is 7.41. The van der Waals surface area contributed by atoms with Gasteiger partial charge in [-0.05, 0) is 44.9 Å². The van der Waals surface area contributed by atoms with E-state index in [0.717, 1.165) is 11.8 Å². The molecular formula is C18H22N2O5S. The van der Waals surface area contributed by atoms with E-state index < -0.39 is 27.8 Å². The molecule has 1 aromatic carbocycles. The zero-order valence-electron chi connectivity index (χ0n) is 15.2. The van der Waals surface area contributed by atoms with Crippen molar-refractivity contribution in [2.45, 2.75) is 33.2 Å². The fourth-order valence-electron chi connectivity index (χ4n) is 2.71. The van der Waals surface area contributed by atoms with Crippen LogP contribution in [-0.4, -0.2) is 48.4 Å². The number of carboxylic acids is 1. The van der Waals surface area contributed by atoms with E-state index in [2.05, 4.69) is 10.3 Å². The molecule has 2 rings (SSSR count). The Morgan fingerprint density at radius 2 is 1.88 bits per heavy atom. The summed E-state index contributed by atoms with van der Waals surface area (Å²) < 4.78 is 22.6. The molecule has 1 amide bonds. The summed E-state index contributed by atoms with van der Waals surface area (Å²) >= 11 is 0. The van der Waals surface area contributed by atoms with E-state index in [1.54, 1.807) is 13.8 Å². The van der Waals surface area contributed by atoms with E-state index in [4.69, 9.17) is 0 Å². The second-order valence-electron chi connectivity index (χ2n) is 6.50. The molecule has 0 saturated heterocycles. The van der Waals surface area contributed by atoms with Crippen molar-refractivity contribution in [3.63, 3.8) is 0 Å². The first-order valence-corrected chi connectivity index (χ1v) is 10.1. The molecule has 1 atom stereocenters. The Kier molecular flexibility index (Phi) is 5.65. The number of carbonyl (C=O) groups is 2. The quantitative estimate of drug-likeness (QED) is 0.792. The van der Waals surface area contributed by atoms with Gasteiger partial charge in [-0.3, -0.25) is 9.78 Å². The lowest BCUT2D eigenvalue weighted by molar-refractivity contribution is -0.139. The number of hydrogen-bond acceptors (Lipinski definition) is 5. The van der Waals surface area contributed by atoms with Crippen molar-refractivity contribution in [2.75, 3.05) is 12.0 Å². The number of sulfone groups is 1. The number of carboxylic acid groups (broad SMARTS) is 1. The molecule has 0 saturated carbocycles. The third kappa shape index (κ3) is 4.57. The number of aliphatic carboxylic acids is 1. The van der Waals surface area contributed by atoms with Gasteiger partial charge < -0.3 is 10.4 Å². The zero-order valence-corrected chi connectivity index (χ0v) is 16.0. The van der Waals surface area contributed by atoms with Crippen molar-refractivity contribution >= 4 is 32.6 Å². The van der Waals surface area contributed by atoms with Gasteiger partial charge in [0.25, 0.3) is 5.91 Å². The van der Waals surface area contributed by atoms with Crippen LogP contribution in [0.2, 0.25) is 0 Å². The van der Waals surface area contributed by atoms with Gasteiger partial charge in [-0.1, -0.05) is 11.6 Å². The van der Waals surface area contributed by atoms with E-state index in [0.29, 0.717) is 27.7 Å². The van der Waals surface area contributed by atoms with Gasteiger partial charge in [0.15, 0.2) is 0 Å². The summed E-state index contributed by atoms with van der Waals surface area (Å²) in [7, 11) is -3.33. The molecule has 0 spiro atoms. The van der Waals surface area contributed by atoms with E-state index in [1.165, 1.54) is 0 Å². The maximum Gasteiger partial charge on any atom is 0.326 e. The molecule has 0 radical (unpaired) electrons. The van der Waals surface area contributed by atoms with E-state index in [1.807, 2.05) is 25.1 Å². The molecule has 2 aromatic rings. The minimum atomic E-state index is -3.33. The summed E-state index contributed by atoms with van der Waals surface area (Å²) in [6, 6.07) is 4.24. The average molecular weight is 378 g/mol. The Labute approximate surface area is 152 Å². The molecule has 1 aromatic heterocycles. The van der Waals surface area contributed by atoms with Crippen LogP contribution in [0.5, 0.6) is 0 Å². The lowest BCUT2D eigenvalue weighted by Gasteiger charge is -2.17. The molecule has 0 aliphatic rings. The van der Waals surface area contributed by atoms with Crippen LogP contribution < -0.4 is 5.32 Å². The van der Waals surface area contributed by atoms with Crippen LogP contribution >= 0.6 is 0 Å². The SMILES string of the molecule is Cc1ccc2nc(C)c(C)c(C(=O)N[C@@H](CCS(C)(=O)=O)C(=O)O)c2c1. The summed E-state index contributed by atoms with van der Waals surface area (Å²) in [5.41, 5.74) is 3.29. The monoisotopic (exact) mass is 378 g/mol. The predicted molar refractivity (Wildman–Crippen MR) is 99.2 cm³/mol. The highest BCUT2D eigenvalue weighted by Gasteiger charge is 2.25. The van der Waals surface area contributed by atoms with Gasteiger partial charge >= 0.3 is 5.97 Å². The number of carbonyl (C=O) groups excluding carboxylic acids is 1. The number of benzene rings is 1. The minimum Gasteiger partial charge on any atom is -0.480 e. The number of amides is 1. The highest BCUT2D eigenvalue weighted by atomic mass is 32.2. The summed E-state index contributed by atoms with van der Waals surface area (Å²) in [5.74, 6) is -2.14. The van der Waals surface area contributed by atoms with Crippen molar-refractivity contribution in [1.29, 1.82) is 0 Å². The number of pyridine rings is 1. The topological polar surface area (TPSA) is 113 Å². The first-order valence-electron chi connectivity index (χ1n) is 8.08. The third-order valence-corrected chi connectivity index (χ3v) is 5.21. The normalized spacial score (nSPS) is 12.8. The minimum absolute atomic E-state index is 0.194. The maximum atomic E-state index is 12.8. The smallest absolute Gasteiger partial charge is 0.326 e. The molecule has 2 N–H and O–H groups in total. The number of aryl methyl sites for hydroxylation is 2. The van der Waals surface area contributed by atoms with Crippen LogP contribution in [0.3, 0.4) is 0 Å². The van der Waals surface area contributed by atoms with Gasteiger partial charge in [0.05, 0.1) is 16.8 Å². The van der Waals surface area contributed by atoms with E-state index in [-0.39, 0.29) is 12.2 Å². The van der Waals surface area contributed by atoms with Crippen LogP contribution in [0.1, 0.15) is 33.6 Å². The Morgan fingerprint density at radius 1 is 1.23 bits per heavy atom. The van der Waals surface area contributed by atoms with Gasteiger partial charge in [0.2, 0.25) is 0 Å². The van der Waals surface area contributed by atoms with Crippen LogP contribution in [0.4, 0.5) is 0 Å². The van der Waals surface area contributed by atoms with Gasteiger partial charge in [0, 0.05) is 17.3 Å². The lowest BCUT2D eigenvalue weighted by Crippen LogP contribution is -2.42. The van der Waals surface area contributed by atoms with Crippen molar-refractivity contribution in [2.24, 2.45) is 0 Å². The highest BCUT2D eigenvalue weighted by Crippen LogP contribution is 2.24. The number of nitrogens with zero attached hydrogens (tertiary/aromatic N) is 1. The molecule has 8 heteroatoms. The van der Waals surface area contributed by atoms with Crippen LogP contribution in [-0.2, 0) is 14.6 Å². The Balaban J connectivity index is 2.43. The van der Waals surface area contributed by atoms with Gasteiger partial charge in [-0.2, -0.15) is 0 Å². The molecule has 0 bridgehead atoms. The van der Waals surface area contributed by atoms with Gasteiger partial charge in [-0.25, -0.2) is 13.2 Å². The lowest BCUT2D eigenvalue weighted by atomic mass is 9.99. The summed E-state index contributed by atoms with van der Waals surface area (Å²) in [6.07, 6.45) is 0.834. The van der Waals surface area contributed by atoms with Crippen LogP contribution in [0.15, 0.2) is 18.2 Å². The molecule has 0 fully saturated rings. The standard InChI is InChI=1S/C18H22N2O5S/c1-10-5-6-14-13(9-10)16(11(2)12(3)19-14)17(21)20-15(18(22)23)7-8-26(4,24)25/h5-6,9,15H,7-8H2,1-4H3,(H,20,21)(H,22,23)/t15-/m0/s1. The number of fused-ring (bicyclic) bond motifs is 1. The molecule has 0 aliphatic carbocycles. The predicted octanol–water partition coefficient (Wildman–Crippen LogP) is 1.78. The number of hydrogen-bond donors (Lipinski definition) is 2. The summed E-state index contributed by atoms with van der Waals surface area (Å²) in [6.45, 7) is 5.43. The van der Waals surface area contributed by atoms with Crippen molar-refractivity contribution < 1.29 is 23.1 Å². The van der Waals surface area contributed by atoms with Gasteiger partial charge in [-0.15, -0.1) is 0 Å². The molecule has 26 heavy (non-hydrogen) atoms. The van der Waals surface area contributed by atoms with E-state index in [9.17, 15) is 23.1 Å². The Morgan fingerprint density at radius 3 is 2.46 bits per heavy atom. The number of nitrogens with one attached hydrogen (secondary N) is 1. The van der Waals surface area contributed by atoms with Crippen LogP contribution in [0, 0.1) is 20.8 Å². The molecule has 7 nitrogen and oxygen atoms in total. The van der Waals surface area contributed by atoms with Crippen molar-refractivity contribution in [3.8, 4) is 0 Å². The first-order chi connectivity index (χ1) is 12.0. The maximum absolute atomic E-state index is 12.8. The zero-order chi connectivity index (χ0) is 19.6. The fraction of sp³-hybridized carbons (Fsp3) is 0.389. The molecule has 1 heterocycles. The van der Waals surface area contributed by atoms with Crippen molar-refractivity contribution in [3.05, 3.63) is 40.6 Å². The summed E-state index contributed by atoms with van der Waals surface area (Å²) in [4.78, 5) is 28.7. The van der Waals surface area contributed by atoms with E-state index >= 15 is 0 Å². The molecule has 0 aliphatic heterocycles. The second-order valence-corrected chi connectivity index (χ2v) is 8.76. The fourth-order valence-corrected chi connectivity index (χ4v) is 3.37. The number of aromatic nitrogens is 1. The summed E-state index contributed by atoms with van der Waals surface area (Å²) in [5, 5.41) is 12.4. The Hall–Kier alpha value is -2.48. The first kappa shape index (κ1) is 19.8. The van der Waals surface area contributed by atoms with Gasteiger partial charge in [0.1, 0.15) is 15.9 Å². The molecular weight excluding hydrogens is 356 g/mol. The molecule has 140 valence electrons. The largest absolute Gasteiger partial charge is 0.480 e. The average Bonchev–Trinajstić information content (AvgIpc) is 2.51. The van der Waals surface area contributed by atoms with Crippen molar-refractivity contribution in [1.82, 2.24) is 10.3 Å². The molecule has 0 unspecified atom stereocenters. The highest BCUT2D eigenvalue weighted by molar-refractivity contribution is 7.90. The number of rotatable bonds is 6.